The molecule has 20 heavy (non-hydrogen) atoms. The van der Waals surface area contributed by atoms with Gasteiger partial charge in [-0.25, -0.2) is 4.79 Å². The highest BCUT2D eigenvalue weighted by molar-refractivity contribution is 5.88. The molecule has 6 nitrogen and oxygen atoms in total. The highest BCUT2D eigenvalue weighted by atomic mass is 16.5. The van der Waals surface area contributed by atoms with Crippen LogP contribution in [0.25, 0.3) is 0 Å². The summed E-state index contributed by atoms with van der Waals surface area (Å²) in [4.78, 5) is 11.5. The number of carboxylic acids is 1. The van der Waals surface area contributed by atoms with Gasteiger partial charge >= 0.3 is 5.97 Å². The molecule has 3 rings (SSSR count). The summed E-state index contributed by atoms with van der Waals surface area (Å²) in [6.07, 6.45) is 6.88. The van der Waals surface area contributed by atoms with Crippen molar-refractivity contribution in [1.82, 2.24) is 15.1 Å². The zero-order chi connectivity index (χ0) is 13.9. The Hall–Kier alpha value is -1.40. The van der Waals surface area contributed by atoms with Gasteiger partial charge in [0.15, 0.2) is 0 Å². The Bertz CT molecular complexity index is 474. The van der Waals surface area contributed by atoms with E-state index in [-0.39, 0.29) is 12.1 Å². The summed E-state index contributed by atoms with van der Waals surface area (Å²) >= 11 is 0. The molecule has 6 heteroatoms. The van der Waals surface area contributed by atoms with Crippen LogP contribution in [0.4, 0.5) is 0 Å². The van der Waals surface area contributed by atoms with Crippen LogP contribution in [0, 0.1) is 0 Å². The molecule has 0 bridgehead atoms. The van der Waals surface area contributed by atoms with Gasteiger partial charge in [0, 0.05) is 25.3 Å². The summed E-state index contributed by atoms with van der Waals surface area (Å²) in [7, 11) is 0. The Morgan fingerprint density at radius 2 is 2.15 bits per heavy atom. The Morgan fingerprint density at radius 1 is 1.35 bits per heavy atom. The number of piperidine rings is 1. The molecule has 2 aliphatic rings. The van der Waals surface area contributed by atoms with E-state index in [0.717, 1.165) is 37.9 Å². The van der Waals surface area contributed by atoms with Crippen LogP contribution in [0.2, 0.25) is 0 Å². The predicted octanol–water partition coefficient (Wildman–Crippen LogP) is 1.75. The molecule has 1 aromatic rings. The van der Waals surface area contributed by atoms with Crippen LogP contribution >= 0.6 is 0 Å². The van der Waals surface area contributed by atoms with Gasteiger partial charge in [0.1, 0.15) is 11.7 Å². The van der Waals surface area contributed by atoms with E-state index in [4.69, 9.17) is 4.74 Å². The fraction of sp³-hybridized carbons (Fsp3) is 0.714. The Morgan fingerprint density at radius 3 is 2.80 bits per heavy atom. The van der Waals surface area contributed by atoms with E-state index in [1.807, 2.05) is 4.68 Å². The van der Waals surface area contributed by atoms with Crippen LogP contribution in [0.1, 0.15) is 60.2 Å². The van der Waals surface area contributed by atoms with Gasteiger partial charge in [-0.3, -0.25) is 10.00 Å². The highest BCUT2D eigenvalue weighted by Crippen LogP contribution is 2.29. The van der Waals surface area contributed by atoms with Gasteiger partial charge in [0.2, 0.25) is 0 Å². The second-order valence-corrected chi connectivity index (χ2v) is 5.57. The monoisotopic (exact) mass is 279 g/mol. The Balaban J connectivity index is 1.87. The SMILES string of the molecule is O=C(O)c1cn(C2CCCCN2)nc1C1CCOCC1. The van der Waals surface area contributed by atoms with Gasteiger partial charge in [0.05, 0.1) is 5.69 Å². The third-order valence-corrected chi connectivity index (χ3v) is 4.20. The Labute approximate surface area is 118 Å². The standard InChI is InChI=1S/C14H21N3O3/c18-14(19)11-9-17(12-3-1-2-6-15-12)16-13(11)10-4-7-20-8-5-10/h9-10,12,15H,1-8H2,(H,18,19). The van der Waals surface area contributed by atoms with E-state index in [9.17, 15) is 9.90 Å². The normalized spacial score (nSPS) is 24.7. The molecule has 0 aromatic carbocycles. The average Bonchev–Trinajstić information content (AvgIpc) is 2.94. The summed E-state index contributed by atoms with van der Waals surface area (Å²) < 4.78 is 7.16. The summed E-state index contributed by atoms with van der Waals surface area (Å²) in [6, 6.07) is 0. The number of carboxylic acid groups (broad SMARTS) is 1. The molecule has 2 aliphatic heterocycles. The first kappa shape index (κ1) is 13.6. The number of ether oxygens (including phenoxy) is 1. The first-order valence-electron chi connectivity index (χ1n) is 7.39. The molecule has 1 atom stereocenters. The van der Waals surface area contributed by atoms with Gasteiger partial charge in [-0.1, -0.05) is 0 Å². The van der Waals surface area contributed by atoms with E-state index >= 15 is 0 Å². The van der Waals surface area contributed by atoms with Crippen molar-refractivity contribution in [3.8, 4) is 0 Å². The summed E-state index contributed by atoms with van der Waals surface area (Å²) in [5, 5.41) is 17.4. The van der Waals surface area contributed by atoms with Crippen LogP contribution in [-0.4, -0.2) is 40.6 Å². The van der Waals surface area contributed by atoms with Gasteiger partial charge < -0.3 is 9.84 Å². The fourth-order valence-electron chi connectivity index (χ4n) is 3.06. The molecule has 2 fully saturated rings. The smallest absolute Gasteiger partial charge is 0.339 e. The topological polar surface area (TPSA) is 76.4 Å². The molecular formula is C14H21N3O3. The summed E-state index contributed by atoms with van der Waals surface area (Å²) in [5.74, 6) is -0.673. The van der Waals surface area contributed by atoms with Crippen molar-refractivity contribution in [2.24, 2.45) is 0 Å². The fourth-order valence-corrected chi connectivity index (χ4v) is 3.06. The molecule has 110 valence electrons. The van der Waals surface area contributed by atoms with E-state index < -0.39 is 5.97 Å². The first-order chi connectivity index (χ1) is 9.75. The summed E-state index contributed by atoms with van der Waals surface area (Å²) in [5.41, 5.74) is 1.08. The average molecular weight is 279 g/mol. The van der Waals surface area contributed by atoms with Crippen LogP contribution in [0.3, 0.4) is 0 Å². The van der Waals surface area contributed by atoms with Crippen LogP contribution < -0.4 is 5.32 Å². The lowest BCUT2D eigenvalue weighted by Gasteiger charge is -2.24. The highest BCUT2D eigenvalue weighted by Gasteiger charge is 2.27. The van der Waals surface area contributed by atoms with Gasteiger partial charge in [-0.15, -0.1) is 0 Å². The minimum absolute atomic E-state index is 0.135. The number of carbonyl (C=O) groups is 1. The molecule has 2 saturated heterocycles. The van der Waals surface area contributed by atoms with Gasteiger partial charge in [-0.05, 0) is 38.6 Å². The van der Waals surface area contributed by atoms with Crippen LogP contribution in [0.15, 0.2) is 6.20 Å². The molecule has 3 heterocycles. The largest absolute Gasteiger partial charge is 0.478 e. The van der Waals surface area contributed by atoms with Crippen molar-refractivity contribution in [3.05, 3.63) is 17.5 Å². The van der Waals surface area contributed by atoms with Crippen molar-refractivity contribution in [2.75, 3.05) is 19.8 Å². The van der Waals surface area contributed by atoms with Crippen molar-refractivity contribution in [1.29, 1.82) is 0 Å². The summed E-state index contributed by atoms with van der Waals surface area (Å²) in [6.45, 7) is 2.36. The number of aromatic nitrogens is 2. The lowest BCUT2D eigenvalue weighted by atomic mass is 9.94. The van der Waals surface area contributed by atoms with Crippen molar-refractivity contribution >= 4 is 5.97 Å². The predicted molar refractivity (Wildman–Crippen MR) is 72.9 cm³/mol. The molecule has 0 aliphatic carbocycles. The third kappa shape index (κ3) is 2.71. The van der Waals surface area contributed by atoms with Gasteiger partial charge in [-0.2, -0.15) is 5.10 Å². The van der Waals surface area contributed by atoms with Crippen LogP contribution in [-0.2, 0) is 4.74 Å². The molecular weight excluding hydrogens is 258 g/mol. The zero-order valence-electron chi connectivity index (χ0n) is 11.5. The van der Waals surface area contributed by atoms with E-state index in [2.05, 4.69) is 10.4 Å². The third-order valence-electron chi connectivity index (χ3n) is 4.20. The minimum atomic E-state index is -0.881. The molecule has 0 spiro atoms. The molecule has 0 radical (unpaired) electrons. The number of aromatic carboxylic acids is 1. The lowest BCUT2D eigenvalue weighted by Crippen LogP contribution is -2.31. The molecule has 1 aromatic heterocycles. The molecule has 1 unspecified atom stereocenters. The molecule has 0 amide bonds. The number of hydrogen-bond acceptors (Lipinski definition) is 4. The number of rotatable bonds is 3. The molecule has 0 saturated carbocycles. The maximum Gasteiger partial charge on any atom is 0.339 e. The maximum atomic E-state index is 11.5. The van der Waals surface area contributed by atoms with Gasteiger partial charge in [0.25, 0.3) is 0 Å². The molecule has 2 N–H and O–H groups in total. The first-order valence-corrected chi connectivity index (χ1v) is 7.39. The Kier molecular flexibility index (Phi) is 4.03. The second kappa shape index (κ2) is 5.93. The lowest BCUT2D eigenvalue weighted by molar-refractivity contribution is 0.0684. The number of hydrogen-bond donors (Lipinski definition) is 2. The van der Waals surface area contributed by atoms with Crippen molar-refractivity contribution in [2.45, 2.75) is 44.2 Å². The van der Waals surface area contributed by atoms with E-state index in [1.165, 1.54) is 6.42 Å². The number of nitrogens with one attached hydrogen (secondary N) is 1. The van der Waals surface area contributed by atoms with Crippen molar-refractivity contribution in [3.63, 3.8) is 0 Å². The van der Waals surface area contributed by atoms with Crippen LogP contribution in [0.5, 0.6) is 0 Å². The number of nitrogens with zero attached hydrogens (tertiary/aromatic N) is 2. The zero-order valence-corrected chi connectivity index (χ0v) is 11.5. The van der Waals surface area contributed by atoms with E-state index in [1.54, 1.807) is 6.20 Å². The van der Waals surface area contributed by atoms with Crippen molar-refractivity contribution < 1.29 is 14.6 Å². The maximum absolute atomic E-state index is 11.5. The minimum Gasteiger partial charge on any atom is -0.478 e. The quantitative estimate of drug-likeness (QED) is 0.881. The van der Waals surface area contributed by atoms with E-state index in [0.29, 0.717) is 18.8 Å². The second-order valence-electron chi connectivity index (χ2n) is 5.57.